The maximum Gasteiger partial charge on any atom is 0.321 e. The maximum absolute atomic E-state index is 12.7. The second-order valence-corrected chi connectivity index (χ2v) is 8.50. The topological polar surface area (TPSA) is 141 Å². The molecule has 1 aromatic carbocycles. The summed E-state index contributed by atoms with van der Waals surface area (Å²) in [7, 11) is 0. The van der Waals surface area contributed by atoms with Crippen LogP contribution in [0.4, 0.5) is 28.1 Å². The molecule has 13 heteroatoms. The van der Waals surface area contributed by atoms with E-state index in [2.05, 4.69) is 41.4 Å². The summed E-state index contributed by atoms with van der Waals surface area (Å²) in [5, 5.41) is 20.8. The molecule has 3 amide bonds. The molecule has 1 fully saturated rings. The first-order chi connectivity index (χ1) is 16.6. The highest BCUT2D eigenvalue weighted by Crippen LogP contribution is 2.24. The Balaban J connectivity index is 1.43. The molecule has 1 aliphatic heterocycles. The molecule has 12 nitrogen and oxygen atoms in total. The van der Waals surface area contributed by atoms with Crippen LogP contribution in [-0.4, -0.2) is 73.3 Å². The summed E-state index contributed by atoms with van der Waals surface area (Å²) in [4.78, 5) is 35.8. The van der Waals surface area contributed by atoms with Crippen molar-refractivity contribution in [3.63, 3.8) is 0 Å². The summed E-state index contributed by atoms with van der Waals surface area (Å²) in [6.07, 6.45) is 2.02. The zero-order chi connectivity index (χ0) is 23.9. The lowest BCUT2D eigenvalue weighted by molar-refractivity contribution is -0.113. The predicted octanol–water partition coefficient (Wildman–Crippen LogP) is 2.74. The van der Waals surface area contributed by atoms with Crippen LogP contribution >= 0.6 is 11.8 Å². The fourth-order valence-electron chi connectivity index (χ4n) is 3.53. The quantitative estimate of drug-likeness (QED) is 0.337. The number of aromatic nitrogens is 5. The minimum absolute atomic E-state index is 0.0930. The Kier molecular flexibility index (Phi) is 7.62. The van der Waals surface area contributed by atoms with E-state index in [-0.39, 0.29) is 17.7 Å². The summed E-state index contributed by atoms with van der Waals surface area (Å²) in [5.74, 6) is 1.25. The molecule has 4 rings (SSSR count). The van der Waals surface area contributed by atoms with Crippen molar-refractivity contribution in [2.45, 2.75) is 31.8 Å². The van der Waals surface area contributed by atoms with Gasteiger partial charge in [0.25, 0.3) is 5.78 Å². The number of carbonyl (C=O) groups excluding carboxylic acids is 2. The molecule has 3 aromatic rings. The second kappa shape index (κ2) is 11.0. The van der Waals surface area contributed by atoms with Gasteiger partial charge in [-0.1, -0.05) is 23.9 Å². The van der Waals surface area contributed by atoms with Crippen LogP contribution in [0.1, 0.15) is 26.7 Å². The Morgan fingerprint density at radius 1 is 0.971 bits per heavy atom. The summed E-state index contributed by atoms with van der Waals surface area (Å²) in [6, 6.07) is 6.99. The number of nitrogens with one attached hydrogen (secondary N) is 4. The smallest absolute Gasteiger partial charge is 0.321 e. The first kappa shape index (κ1) is 23.5. The van der Waals surface area contributed by atoms with Crippen molar-refractivity contribution in [1.29, 1.82) is 0 Å². The summed E-state index contributed by atoms with van der Waals surface area (Å²) in [5.41, 5.74) is 1.10. The van der Waals surface area contributed by atoms with Gasteiger partial charge in [0.1, 0.15) is 0 Å². The summed E-state index contributed by atoms with van der Waals surface area (Å²) >= 11 is 1.22. The van der Waals surface area contributed by atoms with Crippen LogP contribution in [0.3, 0.4) is 0 Å². The van der Waals surface area contributed by atoms with Crippen molar-refractivity contribution < 1.29 is 9.59 Å². The van der Waals surface area contributed by atoms with E-state index >= 15 is 0 Å². The monoisotopic (exact) mass is 484 g/mol. The Bertz CT molecular complexity index is 1160. The van der Waals surface area contributed by atoms with E-state index in [1.165, 1.54) is 11.8 Å². The molecule has 4 N–H and O–H groups in total. The van der Waals surface area contributed by atoms with Crippen molar-refractivity contribution in [3.05, 3.63) is 24.3 Å². The maximum atomic E-state index is 12.7. The number of hydrogen-bond donors (Lipinski definition) is 4. The Morgan fingerprint density at radius 2 is 1.68 bits per heavy atom. The highest BCUT2D eigenvalue weighted by molar-refractivity contribution is 7.99. The zero-order valence-corrected chi connectivity index (χ0v) is 20.0. The fourth-order valence-corrected chi connectivity index (χ4v) is 4.26. The van der Waals surface area contributed by atoms with Gasteiger partial charge in [-0.15, -0.1) is 10.2 Å². The Morgan fingerprint density at radius 3 is 2.38 bits per heavy atom. The number of benzene rings is 1. The number of nitrogens with zero attached hydrogens (tertiary/aromatic N) is 6. The van der Waals surface area contributed by atoms with Crippen LogP contribution < -0.4 is 21.3 Å². The lowest BCUT2D eigenvalue weighted by Crippen LogP contribution is -2.32. The molecular weight excluding hydrogens is 456 g/mol. The van der Waals surface area contributed by atoms with Crippen molar-refractivity contribution in [1.82, 2.24) is 29.5 Å². The number of fused-ring (bicyclic) bond motifs is 1. The van der Waals surface area contributed by atoms with Gasteiger partial charge in [0.15, 0.2) is 5.16 Å². The molecule has 0 spiro atoms. The number of amides is 3. The van der Waals surface area contributed by atoms with E-state index in [1.807, 2.05) is 26.0 Å². The van der Waals surface area contributed by atoms with Crippen molar-refractivity contribution in [2.24, 2.45) is 0 Å². The van der Waals surface area contributed by atoms with Crippen molar-refractivity contribution in [3.8, 4) is 0 Å². The highest BCUT2D eigenvalue weighted by atomic mass is 32.2. The van der Waals surface area contributed by atoms with E-state index < -0.39 is 0 Å². The average Bonchev–Trinajstić information content (AvgIpc) is 3.50. The molecule has 34 heavy (non-hydrogen) atoms. The minimum Gasteiger partial charge on any atom is -0.355 e. The zero-order valence-electron chi connectivity index (χ0n) is 19.2. The molecule has 180 valence electrons. The number of hydrogen-bond acceptors (Lipinski definition) is 9. The molecule has 1 saturated heterocycles. The second-order valence-electron chi connectivity index (χ2n) is 7.56. The number of carbonyl (C=O) groups is 2. The van der Waals surface area contributed by atoms with Gasteiger partial charge in [-0.05, 0) is 38.8 Å². The number of thioether (sulfide) groups is 1. The molecule has 1 aliphatic rings. The molecule has 0 saturated carbocycles. The fraction of sp³-hybridized carbons (Fsp3) is 0.429. The molecule has 3 heterocycles. The van der Waals surface area contributed by atoms with E-state index in [1.54, 1.807) is 21.4 Å². The number of anilines is 4. The Hall–Kier alpha value is -3.61. The molecule has 0 bridgehead atoms. The first-order valence-electron chi connectivity index (χ1n) is 11.3. The minimum atomic E-state index is -0.236. The van der Waals surface area contributed by atoms with E-state index in [0.717, 1.165) is 25.9 Å². The predicted molar refractivity (Wildman–Crippen MR) is 133 cm³/mol. The van der Waals surface area contributed by atoms with Gasteiger partial charge in [-0.2, -0.15) is 9.97 Å². The van der Waals surface area contributed by atoms with Crippen LogP contribution in [-0.2, 0) is 4.79 Å². The lowest BCUT2D eigenvalue weighted by Gasteiger charge is -2.18. The van der Waals surface area contributed by atoms with Gasteiger partial charge in [0.05, 0.1) is 17.1 Å². The standard InChI is InChI=1S/C21H28N10O2S/c1-3-22-17-26-18(23-4-2)31-19(27-17)28-29-21(31)34-13-16(32)24-14-9-5-6-10-15(14)25-20(33)30-11-7-8-12-30/h5-6,9-10H,3-4,7-8,11-13H2,1-2H3,(H,24,32)(H,25,33)(H2,22,23,26,27,28). The third-order valence-electron chi connectivity index (χ3n) is 5.08. The largest absolute Gasteiger partial charge is 0.355 e. The van der Waals surface area contributed by atoms with E-state index in [9.17, 15) is 9.59 Å². The third-order valence-corrected chi connectivity index (χ3v) is 6.01. The van der Waals surface area contributed by atoms with Crippen molar-refractivity contribution in [2.75, 3.05) is 53.2 Å². The first-order valence-corrected chi connectivity index (χ1v) is 12.3. The molecule has 0 radical (unpaired) electrons. The molecule has 2 aromatic heterocycles. The number of rotatable bonds is 9. The third kappa shape index (κ3) is 5.47. The van der Waals surface area contributed by atoms with Gasteiger partial charge in [-0.3, -0.25) is 4.79 Å². The average molecular weight is 485 g/mol. The number of urea groups is 1. The normalized spacial score (nSPS) is 13.2. The molecule has 0 atom stereocenters. The van der Waals surface area contributed by atoms with Gasteiger partial charge in [-0.25, -0.2) is 9.20 Å². The van der Waals surface area contributed by atoms with E-state index in [0.29, 0.717) is 47.3 Å². The molecule has 0 unspecified atom stereocenters. The molecule has 0 aliphatic carbocycles. The molecular formula is C21H28N10O2S. The van der Waals surface area contributed by atoms with Gasteiger partial charge >= 0.3 is 6.03 Å². The lowest BCUT2D eigenvalue weighted by atomic mass is 10.2. The number of likely N-dealkylation sites (tertiary alicyclic amines) is 1. The van der Waals surface area contributed by atoms with Crippen LogP contribution in [0, 0.1) is 0 Å². The van der Waals surface area contributed by atoms with Gasteiger partial charge < -0.3 is 26.2 Å². The highest BCUT2D eigenvalue weighted by Gasteiger charge is 2.20. The number of para-hydroxylation sites is 2. The Labute approximate surface area is 201 Å². The van der Waals surface area contributed by atoms with Gasteiger partial charge in [0.2, 0.25) is 17.8 Å². The summed E-state index contributed by atoms with van der Waals surface area (Å²) < 4.78 is 1.69. The summed E-state index contributed by atoms with van der Waals surface area (Å²) in [6.45, 7) is 6.75. The SMILES string of the molecule is CCNc1nc(NCC)n2c(SCC(=O)Nc3ccccc3NC(=O)N3CCCC3)nnc2n1. The van der Waals surface area contributed by atoms with Crippen LogP contribution in [0.5, 0.6) is 0 Å². The van der Waals surface area contributed by atoms with Gasteiger partial charge in [0, 0.05) is 26.2 Å². The van der Waals surface area contributed by atoms with Crippen LogP contribution in [0.2, 0.25) is 0 Å². The van der Waals surface area contributed by atoms with Crippen LogP contribution in [0.25, 0.3) is 5.78 Å². The van der Waals surface area contributed by atoms with E-state index in [4.69, 9.17) is 0 Å². The van der Waals surface area contributed by atoms with Crippen molar-refractivity contribution >= 4 is 52.7 Å². The van der Waals surface area contributed by atoms with Crippen LogP contribution in [0.15, 0.2) is 29.4 Å².